The molecule has 66 valence electrons. The van der Waals surface area contributed by atoms with Gasteiger partial charge in [-0.05, 0) is 39.4 Å². The Bertz CT molecular complexity index is 437. The van der Waals surface area contributed by atoms with Gasteiger partial charge in [-0.1, -0.05) is 19.1 Å². The van der Waals surface area contributed by atoms with Gasteiger partial charge in [0.15, 0.2) is 0 Å². The molecule has 0 aliphatic carbocycles. The van der Waals surface area contributed by atoms with E-state index in [1.807, 2.05) is 18.5 Å². The van der Waals surface area contributed by atoms with Crippen molar-refractivity contribution in [2.75, 3.05) is 0 Å². The molecule has 0 N–H and O–H groups in total. The van der Waals surface area contributed by atoms with E-state index in [-0.39, 0.29) is 0 Å². The van der Waals surface area contributed by atoms with Crippen LogP contribution in [-0.2, 0) is 6.42 Å². The van der Waals surface area contributed by atoms with Crippen molar-refractivity contribution in [2.45, 2.75) is 13.3 Å². The molecule has 2 aromatic rings. The Kier molecular flexibility index (Phi) is 2.32. The molecule has 0 aliphatic rings. The third-order valence-electron chi connectivity index (χ3n) is 2.22. The Hall–Kier alpha value is -0.890. The molecular weight excluding hydrogens is 226 g/mol. The van der Waals surface area contributed by atoms with E-state index >= 15 is 0 Å². The Morgan fingerprint density at radius 2 is 2.15 bits per heavy atom. The molecule has 1 heterocycles. The highest BCUT2D eigenvalue weighted by Crippen LogP contribution is 2.27. The zero-order chi connectivity index (χ0) is 9.26. The molecule has 0 aliphatic heterocycles. The summed E-state index contributed by atoms with van der Waals surface area (Å²) < 4.78 is 1.20. The highest BCUT2D eigenvalue weighted by Gasteiger charge is 2.02. The molecular formula is C11H10BrN. The normalized spacial score (nSPS) is 10.6. The quantitative estimate of drug-likeness (QED) is 0.737. The average Bonchev–Trinajstić information content (AvgIpc) is 2.19. The summed E-state index contributed by atoms with van der Waals surface area (Å²) in [5.74, 6) is 0. The van der Waals surface area contributed by atoms with E-state index in [9.17, 15) is 0 Å². The van der Waals surface area contributed by atoms with Gasteiger partial charge in [0.2, 0.25) is 0 Å². The Morgan fingerprint density at radius 1 is 1.31 bits per heavy atom. The number of hydrogen-bond donors (Lipinski definition) is 0. The Morgan fingerprint density at radius 3 is 2.92 bits per heavy atom. The van der Waals surface area contributed by atoms with Gasteiger partial charge in [-0.15, -0.1) is 0 Å². The number of aromatic nitrogens is 1. The third-order valence-corrected chi connectivity index (χ3v) is 3.15. The number of hydrogen-bond acceptors (Lipinski definition) is 1. The van der Waals surface area contributed by atoms with Gasteiger partial charge in [0, 0.05) is 22.3 Å². The van der Waals surface area contributed by atoms with Crippen molar-refractivity contribution >= 4 is 26.7 Å². The predicted octanol–water partition coefficient (Wildman–Crippen LogP) is 3.56. The first-order chi connectivity index (χ1) is 6.33. The lowest BCUT2D eigenvalue weighted by Gasteiger charge is -2.04. The van der Waals surface area contributed by atoms with Gasteiger partial charge in [-0.2, -0.15) is 0 Å². The van der Waals surface area contributed by atoms with Crippen LogP contribution in [0.2, 0.25) is 0 Å². The lowest BCUT2D eigenvalue weighted by molar-refractivity contribution is 1.13. The molecule has 0 saturated heterocycles. The van der Waals surface area contributed by atoms with Crippen LogP contribution >= 0.6 is 15.9 Å². The SMILES string of the molecule is CCc1ccc2cnccc2c1Br. The predicted molar refractivity (Wildman–Crippen MR) is 58.8 cm³/mol. The maximum atomic E-state index is 4.09. The molecule has 0 bridgehead atoms. The summed E-state index contributed by atoms with van der Waals surface area (Å²) in [4.78, 5) is 4.09. The first-order valence-electron chi connectivity index (χ1n) is 4.34. The maximum absolute atomic E-state index is 4.09. The van der Waals surface area contributed by atoms with Crippen molar-refractivity contribution in [3.8, 4) is 0 Å². The molecule has 1 aromatic carbocycles. The van der Waals surface area contributed by atoms with Crippen molar-refractivity contribution in [1.29, 1.82) is 0 Å². The summed E-state index contributed by atoms with van der Waals surface area (Å²) in [6.45, 7) is 2.16. The van der Waals surface area contributed by atoms with Crippen LogP contribution in [0.1, 0.15) is 12.5 Å². The summed E-state index contributed by atoms with van der Waals surface area (Å²) in [6.07, 6.45) is 4.77. The van der Waals surface area contributed by atoms with Gasteiger partial charge in [0.05, 0.1) is 0 Å². The number of rotatable bonds is 1. The maximum Gasteiger partial charge on any atom is 0.0346 e. The lowest BCUT2D eigenvalue weighted by atomic mass is 10.1. The van der Waals surface area contributed by atoms with Crippen molar-refractivity contribution in [3.63, 3.8) is 0 Å². The minimum Gasteiger partial charge on any atom is -0.264 e. The monoisotopic (exact) mass is 235 g/mol. The minimum atomic E-state index is 1.05. The lowest BCUT2D eigenvalue weighted by Crippen LogP contribution is -1.84. The van der Waals surface area contributed by atoms with Crippen molar-refractivity contribution in [1.82, 2.24) is 4.98 Å². The van der Waals surface area contributed by atoms with E-state index in [2.05, 4.69) is 40.0 Å². The number of aryl methyl sites for hydroxylation is 1. The molecule has 0 spiro atoms. The summed E-state index contributed by atoms with van der Waals surface area (Å²) >= 11 is 3.61. The van der Waals surface area contributed by atoms with E-state index in [1.165, 1.54) is 20.8 Å². The van der Waals surface area contributed by atoms with E-state index in [4.69, 9.17) is 0 Å². The van der Waals surface area contributed by atoms with Crippen LogP contribution in [0.25, 0.3) is 10.8 Å². The second-order valence-electron chi connectivity index (χ2n) is 2.99. The average molecular weight is 236 g/mol. The van der Waals surface area contributed by atoms with Crippen molar-refractivity contribution in [3.05, 3.63) is 40.6 Å². The summed E-state index contributed by atoms with van der Waals surface area (Å²) in [7, 11) is 0. The molecule has 0 amide bonds. The minimum absolute atomic E-state index is 1.05. The zero-order valence-electron chi connectivity index (χ0n) is 7.42. The van der Waals surface area contributed by atoms with Gasteiger partial charge >= 0.3 is 0 Å². The van der Waals surface area contributed by atoms with Crippen LogP contribution in [0, 0.1) is 0 Å². The fraction of sp³-hybridized carbons (Fsp3) is 0.182. The Labute approximate surface area is 85.9 Å². The summed E-state index contributed by atoms with van der Waals surface area (Å²) in [5.41, 5.74) is 1.35. The van der Waals surface area contributed by atoms with Gasteiger partial charge < -0.3 is 0 Å². The standard InChI is InChI=1S/C11H10BrN/c1-2-8-3-4-9-7-13-6-5-10(9)11(8)12/h3-7H,2H2,1H3. The second-order valence-corrected chi connectivity index (χ2v) is 3.78. The highest BCUT2D eigenvalue weighted by molar-refractivity contribution is 9.10. The molecule has 1 nitrogen and oxygen atoms in total. The highest BCUT2D eigenvalue weighted by atomic mass is 79.9. The topological polar surface area (TPSA) is 12.9 Å². The van der Waals surface area contributed by atoms with Gasteiger partial charge in [-0.25, -0.2) is 0 Å². The molecule has 0 saturated carbocycles. The molecule has 0 radical (unpaired) electrons. The third kappa shape index (κ3) is 1.46. The molecule has 2 heteroatoms. The zero-order valence-corrected chi connectivity index (χ0v) is 9.01. The van der Waals surface area contributed by atoms with Crippen LogP contribution in [0.3, 0.4) is 0 Å². The van der Waals surface area contributed by atoms with Crippen LogP contribution in [0.4, 0.5) is 0 Å². The van der Waals surface area contributed by atoms with E-state index in [0.29, 0.717) is 0 Å². The first kappa shape index (κ1) is 8.70. The number of halogens is 1. The van der Waals surface area contributed by atoms with Crippen LogP contribution in [-0.4, -0.2) is 4.98 Å². The molecule has 0 unspecified atom stereocenters. The Balaban J connectivity index is 2.79. The molecule has 2 rings (SSSR count). The van der Waals surface area contributed by atoms with Crippen molar-refractivity contribution < 1.29 is 0 Å². The molecule has 0 fully saturated rings. The molecule has 1 aromatic heterocycles. The van der Waals surface area contributed by atoms with Crippen LogP contribution < -0.4 is 0 Å². The summed E-state index contributed by atoms with van der Waals surface area (Å²) in [5, 5.41) is 2.43. The first-order valence-corrected chi connectivity index (χ1v) is 5.13. The molecule has 13 heavy (non-hydrogen) atoms. The summed E-state index contributed by atoms with van der Waals surface area (Å²) in [6, 6.07) is 6.30. The fourth-order valence-corrected chi connectivity index (χ4v) is 2.22. The fourth-order valence-electron chi connectivity index (χ4n) is 1.45. The van der Waals surface area contributed by atoms with Crippen LogP contribution in [0.5, 0.6) is 0 Å². The number of nitrogens with zero attached hydrogens (tertiary/aromatic N) is 1. The number of benzene rings is 1. The number of pyridine rings is 1. The van der Waals surface area contributed by atoms with Gasteiger partial charge in [0.1, 0.15) is 0 Å². The van der Waals surface area contributed by atoms with E-state index < -0.39 is 0 Å². The van der Waals surface area contributed by atoms with E-state index in [1.54, 1.807) is 0 Å². The van der Waals surface area contributed by atoms with Gasteiger partial charge in [-0.3, -0.25) is 4.98 Å². The van der Waals surface area contributed by atoms with Gasteiger partial charge in [0.25, 0.3) is 0 Å². The van der Waals surface area contributed by atoms with Crippen LogP contribution in [0.15, 0.2) is 35.1 Å². The van der Waals surface area contributed by atoms with Crippen molar-refractivity contribution in [2.24, 2.45) is 0 Å². The number of fused-ring (bicyclic) bond motifs is 1. The van der Waals surface area contributed by atoms with E-state index in [0.717, 1.165) is 6.42 Å². The largest absolute Gasteiger partial charge is 0.264 e. The smallest absolute Gasteiger partial charge is 0.0346 e. The molecule has 0 atom stereocenters. The second kappa shape index (κ2) is 3.46.